The highest BCUT2D eigenvalue weighted by Gasteiger charge is 2.24. The van der Waals surface area contributed by atoms with Gasteiger partial charge in [0.25, 0.3) is 0 Å². The Bertz CT molecular complexity index is 627. The van der Waals surface area contributed by atoms with Crippen LogP contribution in [0, 0.1) is 0 Å². The number of ether oxygens (including phenoxy) is 2. The van der Waals surface area contributed by atoms with E-state index in [1.165, 1.54) is 0 Å². The molecule has 1 atom stereocenters. The highest BCUT2D eigenvalue weighted by molar-refractivity contribution is 5.45. The number of nitrogens with zero attached hydrogens (tertiary/aromatic N) is 4. The third kappa shape index (κ3) is 1.86. The molecule has 1 aromatic heterocycles. The van der Waals surface area contributed by atoms with Gasteiger partial charge in [0.15, 0.2) is 11.5 Å². The molecule has 1 N–H and O–H groups in total. The molecule has 0 aliphatic carbocycles. The zero-order chi connectivity index (χ0) is 13.4. The van der Waals surface area contributed by atoms with E-state index in [2.05, 4.69) is 26.9 Å². The third-order valence-electron chi connectivity index (χ3n) is 3.65. The molecule has 3 heterocycles. The maximum absolute atomic E-state index is 5.75. The van der Waals surface area contributed by atoms with Crippen LogP contribution >= 0.6 is 0 Å². The number of rotatable bonds is 1. The van der Waals surface area contributed by atoms with E-state index in [0.717, 1.165) is 36.4 Å². The predicted molar refractivity (Wildman–Crippen MR) is 71.1 cm³/mol. The van der Waals surface area contributed by atoms with Gasteiger partial charge >= 0.3 is 0 Å². The van der Waals surface area contributed by atoms with Crippen LogP contribution in [-0.2, 0) is 0 Å². The molecule has 2 aliphatic rings. The van der Waals surface area contributed by atoms with Gasteiger partial charge in [-0.15, -0.1) is 0 Å². The van der Waals surface area contributed by atoms with E-state index in [1.807, 2.05) is 16.8 Å². The molecule has 0 radical (unpaired) electrons. The number of aromatic nitrogens is 4. The number of benzene rings is 1. The van der Waals surface area contributed by atoms with E-state index in [-0.39, 0.29) is 6.04 Å². The molecule has 20 heavy (non-hydrogen) atoms. The van der Waals surface area contributed by atoms with Gasteiger partial charge in [-0.3, -0.25) is 0 Å². The molecule has 0 saturated heterocycles. The van der Waals surface area contributed by atoms with Gasteiger partial charge in [0.05, 0.1) is 19.3 Å². The van der Waals surface area contributed by atoms with Crippen molar-refractivity contribution in [1.29, 1.82) is 0 Å². The number of anilines is 1. The summed E-state index contributed by atoms with van der Waals surface area (Å²) in [6.07, 6.45) is 1.85. The first-order valence-electron chi connectivity index (χ1n) is 6.83. The molecule has 4 rings (SSSR count). The second kappa shape index (κ2) is 4.66. The number of hydrogen-bond acceptors (Lipinski definition) is 6. The topological polar surface area (TPSA) is 74.1 Å². The van der Waals surface area contributed by atoms with Crippen LogP contribution in [0.2, 0.25) is 0 Å². The van der Waals surface area contributed by atoms with Crippen LogP contribution in [0.1, 0.15) is 24.4 Å². The summed E-state index contributed by atoms with van der Waals surface area (Å²) in [5.41, 5.74) is 1.14. The summed E-state index contributed by atoms with van der Waals surface area (Å²) in [4.78, 5) is 0. The Morgan fingerprint density at radius 3 is 3.05 bits per heavy atom. The molecule has 0 spiro atoms. The summed E-state index contributed by atoms with van der Waals surface area (Å²) in [7, 11) is 0. The first-order chi connectivity index (χ1) is 9.92. The molecule has 0 fully saturated rings. The van der Waals surface area contributed by atoms with Crippen molar-refractivity contribution in [3.05, 3.63) is 23.8 Å². The fourth-order valence-corrected chi connectivity index (χ4v) is 2.66. The van der Waals surface area contributed by atoms with Gasteiger partial charge in [-0.25, -0.2) is 4.68 Å². The van der Waals surface area contributed by atoms with Crippen molar-refractivity contribution < 1.29 is 9.47 Å². The van der Waals surface area contributed by atoms with Crippen LogP contribution in [0.4, 0.5) is 5.95 Å². The molecule has 2 aromatic rings. The average molecular weight is 273 g/mol. The van der Waals surface area contributed by atoms with Gasteiger partial charge in [-0.05, 0) is 34.5 Å². The van der Waals surface area contributed by atoms with E-state index < -0.39 is 0 Å². The molecule has 0 amide bonds. The number of tetrazole rings is 1. The Morgan fingerprint density at radius 2 is 2.10 bits per heavy atom. The predicted octanol–water partition coefficient (Wildman–Crippen LogP) is 1.24. The highest BCUT2D eigenvalue weighted by atomic mass is 16.5. The molecular weight excluding hydrogens is 258 g/mol. The molecule has 1 aromatic carbocycles. The molecule has 2 aliphatic heterocycles. The molecule has 0 bridgehead atoms. The molecule has 0 saturated carbocycles. The highest BCUT2D eigenvalue weighted by Crippen LogP contribution is 2.35. The second-order valence-electron chi connectivity index (χ2n) is 4.93. The van der Waals surface area contributed by atoms with Gasteiger partial charge in [0, 0.05) is 13.0 Å². The van der Waals surface area contributed by atoms with E-state index in [1.54, 1.807) is 0 Å². The third-order valence-corrected chi connectivity index (χ3v) is 3.65. The normalized spacial score (nSPS) is 20.7. The second-order valence-corrected chi connectivity index (χ2v) is 4.93. The van der Waals surface area contributed by atoms with E-state index in [0.29, 0.717) is 19.2 Å². The number of nitrogens with one attached hydrogen (secondary N) is 1. The van der Waals surface area contributed by atoms with Crippen LogP contribution in [-0.4, -0.2) is 40.0 Å². The molecule has 1 unspecified atom stereocenters. The molecular formula is C13H15N5O2. The standard InChI is InChI=1S/C13H15N5O2/c1-6-19-11-3-2-9(8-12(11)20-7-1)10-4-5-14-13-15-16-17-18(10)13/h2-3,8,10H,1,4-7H2,(H,14,15,17). The summed E-state index contributed by atoms with van der Waals surface area (Å²) in [6, 6.07) is 6.22. The Hall–Kier alpha value is -2.31. The lowest BCUT2D eigenvalue weighted by molar-refractivity contribution is 0.297. The summed E-state index contributed by atoms with van der Waals surface area (Å²) in [6.45, 7) is 2.26. The molecule has 104 valence electrons. The fourth-order valence-electron chi connectivity index (χ4n) is 2.66. The largest absolute Gasteiger partial charge is 0.490 e. The SMILES string of the molecule is c1cc2c(cc1C1CCNc3nnnn31)OCCCO2. The summed E-state index contributed by atoms with van der Waals surface area (Å²) >= 11 is 0. The average Bonchev–Trinajstić information content (AvgIpc) is 2.84. The number of fused-ring (bicyclic) bond motifs is 2. The van der Waals surface area contributed by atoms with Gasteiger partial charge < -0.3 is 14.8 Å². The lowest BCUT2D eigenvalue weighted by atomic mass is 10.0. The first-order valence-corrected chi connectivity index (χ1v) is 6.83. The minimum Gasteiger partial charge on any atom is -0.490 e. The smallest absolute Gasteiger partial charge is 0.243 e. The van der Waals surface area contributed by atoms with E-state index >= 15 is 0 Å². The Balaban J connectivity index is 1.72. The maximum atomic E-state index is 5.75. The minimum absolute atomic E-state index is 0.137. The lowest BCUT2D eigenvalue weighted by Gasteiger charge is -2.24. The van der Waals surface area contributed by atoms with Crippen LogP contribution in [0.25, 0.3) is 0 Å². The Kier molecular flexibility index (Phi) is 2.68. The number of hydrogen-bond donors (Lipinski definition) is 1. The van der Waals surface area contributed by atoms with Crippen molar-refractivity contribution in [1.82, 2.24) is 20.2 Å². The maximum Gasteiger partial charge on any atom is 0.243 e. The quantitative estimate of drug-likeness (QED) is 0.842. The van der Waals surface area contributed by atoms with Crippen LogP contribution in [0.15, 0.2) is 18.2 Å². The van der Waals surface area contributed by atoms with Crippen molar-refractivity contribution >= 4 is 5.95 Å². The Morgan fingerprint density at radius 1 is 1.20 bits per heavy atom. The summed E-state index contributed by atoms with van der Waals surface area (Å²) in [5, 5.41) is 14.9. The Labute approximate surface area is 115 Å². The first kappa shape index (κ1) is 11.5. The van der Waals surface area contributed by atoms with Gasteiger partial charge in [-0.1, -0.05) is 11.2 Å². The molecule has 7 heteroatoms. The van der Waals surface area contributed by atoms with Crippen molar-refractivity contribution in [3.63, 3.8) is 0 Å². The summed E-state index contributed by atoms with van der Waals surface area (Å²) < 4.78 is 13.2. The van der Waals surface area contributed by atoms with Crippen LogP contribution < -0.4 is 14.8 Å². The van der Waals surface area contributed by atoms with Crippen LogP contribution in [0.5, 0.6) is 11.5 Å². The molecule has 7 nitrogen and oxygen atoms in total. The van der Waals surface area contributed by atoms with Gasteiger partial charge in [0.2, 0.25) is 5.95 Å². The lowest BCUT2D eigenvalue weighted by Crippen LogP contribution is -2.24. The zero-order valence-corrected chi connectivity index (χ0v) is 11.0. The van der Waals surface area contributed by atoms with Crippen molar-refractivity contribution in [3.8, 4) is 11.5 Å². The zero-order valence-electron chi connectivity index (χ0n) is 11.0. The minimum atomic E-state index is 0.137. The fraction of sp³-hybridized carbons (Fsp3) is 0.462. The van der Waals surface area contributed by atoms with Gasteiger partial charge in [-0.2, -0.15) is 0 Å². The monoisotopic (exact) mass is 273 g/mol. The van der Waals surface area contributed by atoms with E-state index in [9.17, 15) is 0 Å². The van der Waals surface area contributed by atoms with Crippen molar-refractivity contribution in [2.75, 3.05) is 25.1 Å². The van der Waals surface area contributed by atoms with Crippen molar-refractivity contribution in [2.24, 2.45) is 0 Å². The summed E-state index contributed by atoms with van der Waals surface area (Å²) in [5.74, 6) is 2.35. The van der Waals surface area contributed by atoms with Crippen molar-refractivity contribution in [2.45, 2.75) is 18.9 Å². The van der Waals surface area contributed by atoms with Gasteiger partial charge in [0.1, 0.15) is 0 Å². The van der Waals surface area contributed by atoms with E-state index in [4.69, 9.17) is 9.47 Å². The van der Waals surface area contributed by atoms with Crippen LogP contribution in [0.3, 0.4) is 0 Å².